The third kappa shape index (κ3) is 2.50. The fraction of sp³-hybridized carbons (Fsp3) is 0.214. The Morgan fingerprint density at radius 3 is 2.76 bits per heavy atom. The van der Waals surface area contributed by atoms with Gasteiger partial charge in [0.05, 0.1) is 0 Å². The molecule has 0 aliphatic heterocycles. The maximum Gasteiger partial charge on any atom is 0.364 e. The van der Waals surface area contributed by atoms with Crippen molar-refractivity contribution in [1.82, 2.24) is 19.8 Å². The molecule has 1 aromatic carbocycles. The summed E-state index contributed by atoms with van der Waals surface area (Å²) in [5, 5.41) is 10.5. The highest BCUT2D eigenvalue weighted by Crippen LogP contribution is 2.15. The number of aromatic nitrogens is 4. The van der Waals surface area contributed by atoms with Gasteiger partial charge in [0.15, 0.2) is 5.65 Å². The summed E-state index contributed by atoms with van der Waals surface area (Å²) in [7, 11) is 1.92. The van der Waals surface area contributed by atoms with E-state index in [0.29, 0.717) is 24.6 Å². The molecule has 3 aromatic rings. The van der Waals surface area contributed by atoms with Gasteiger partial charge in [0.25, 0.3) is 0 Å². The lowest BCUT2D eigenvalue weighted by atomic mass is 10.1. The molecule has 2 aromatic heterocycles. The summed E-state index contributed by atoms with van der Waals surface area (Å²) in [6.45, 7) is 1.16. The summed E-state index contributed by atoms with van der Waals surface area (Å²) in [5.74, 6) is 0.692. The molecule has 7 heteroatoms. The van der Waals surface area contributed by atoms with Crippen LogP contribution < -0.4 is 16.3 Å². The minimum atomic E-state index is -0.345. The molecule has 0 aliphatic carbocycles. The van der Waals surface area contributed by atoms with Crippen molar-refractivity contribution < 1.29 is 0 Å². The highest BCUT2D eigenvalue weighted by molar-refractivity contribution is 5.45. The summed E-state index contributed by atoms with van der Waals surface area (Å²) in [6, 6.07) is 11.6. The smallest absolute Gasteiger partial charge is 0.354 e. The van der Waals surface area contributed by atoms with Crippen molar-refractivity contribution in [3.05, 3.63) is 58.0 Å². The first-order valence-corrected chi connectivity index (χ1v) is 6.61. The van der Waals surface area contributed by atoms with E-state index in [0.717, 1.165) is 11.1 Å². The van der Waals surface area contributed by atoms with Crippen LogP contribution >= 0.6 is 0 Å². The molecule has 0 unspecified atom stereocenters. The number of benzene rings is 1. The van der Waals surface area contributed by atoms with Crippen molar-refractivity contribution in [2.45, 2.75) is 13.1 Å². The van der Waals surface area contributed by atoms with Crippen LogP contribution in [0.2, 0.25) is 0 Å². The van der Waals surface area contributed by atoms with E-state index in [2.05, 4.69) is 15.3 Å². The number of hydrogen-bond donors (Lipinski definition) is 2. The van der Waals surface area contributed by atoms with Crippen molar-refractivity contribution >= 4 is 11.5 Å². The van der Waals surface area contributed by atoms with Gasteiger partial charge in [0.1, 0.15) is 5.82 Å². The van der Waals surface area contributed by atoms with Gasteiger partial charge in [0, 0.05) is 20.1 Å². The first kappa shape index (κ1) is 13.3. The lowest BCUT2D eigenvalue weighted by Gasteiger charge is -2.19. The van der Waals surface area contributed by atoms with Gasteiger partial charge in [-0.3, -0.25) is 0 Å². The molecule has 2 heterocycles. The van der Waals surface area contributed by atoms with Crippen LogP contribution in [0.1, 0.15) is 11.1 Å². The number of anilines is 1. The second-order valence-electron chi connectivity index (χ2n) is 4.82. The second kappa shape index (κ2) is 5.37. The van der Waals surface area contributed by atoms with E-state index in [1.165, 1.54) is 4.52 Å². The van der Waals surface area contributed by atoms with Gasteiger partial charge in [0.2, 0.25) is 0 Å². The first-order valence-electron chi connectivity index (χ1n) is 6.61. The van der Waals surface area contributed by atoms with Gasteiger partial charge in [-0.25, -0.2) is 9.89 Å². The van der Waals surface area contributed by atoms with Crippen LogP contribution in [0.4, 0.5) is 5.82 Å². The summed E-state index contributed by atoms with van der Waals surface area (Å²) < 4.78 is 1.25. The monoisotopic (exact) mass is 284 g/mol. The van der Waals surface area contributed by atoms with E-state index in [1.54, 1.807) is 6.07 Å². The van der Waals surface area contributed by atoms with Gasteiger partial charge in [-0.15, -0.1) is 5.10 Å². The Bertz CT molecular complexity index is 821. The Kier molecular flexibility index (Phi) is 3.41. The van der Waals surface area contributed by atoms with Crippen LogP contribution in [0, 0.1) is 0 Å². The fourth-order valence-corrected chi connectivity index (χ4v) is 2.24. The Hall–Kier alpha value is -2.67. The molecular formula is C14H16N6O. The van der Waals surface area contributed by atoms with Crippen LogP contribution in [0.25, 0.3) is 5.65 Å². The van der Waals surface area contributed by atoms with Gasteiger partial charge < -0.3 is 10.6 Å². The maximum atomic E-state index is 11.6. The molecule has 7 nitrogen and oxygen atoms in total. The SMILES string of the molecule is CN(Cc1ccccc1CN)c1ccc2n[nH]c(=O)n2n1. The number of aromatic amines is 1. The highest BCUT2D eigenvalue weighted by atomic mass is 16.2. The molecule has 0 amide bonds. The van der Waals surface area contributed by atoms with Gasteiger partial charge >= 0.3 is 5.69 Å². The largest absolute Gasteiger partial charge is 0.364 e. The van der Waals surface area contributed by atoms with E-state index in [4.69, 9.17) is 5.73 Å². The van der Waals surface area contributed by atoms with Crippen molar-refractivity contribution in [3.8, 4) is 0 Å². The number of nitrogens with one attached hydrogen (secondary N) is 1. The predicted molar refractivity (Wildman–Crippen MR) is 80.0 cm³/mol. The number of nitrogens with two attached hydrogens (primary N) is 1. The molecule has 0 atom stereocenters. The number of hydrogen-bond acceptors (Lipinski definition) is 5. The summed E-state index contributed by atoms with van der Waals surface area (Å²) >= 11 is 0. The first-order chi connectivity index (χ1) is 10.2. The summed E-state index contributed by atoms with van der Waals surface area (Å²) in [6.07, 6.45) is 0. The highest BCUT2D eigenvalue weighted by Gasteiger charge is 2.09. The quantitative estimate of drug-likeness (QED) is 0.728. The van der Waals surface area contributed by atoms with Crippen molar-refractivity contribution in [2.75, 3.05) is 11.9 Å². The minimum Gasteiger partial charge on any atom is -0.354 e. The lowest BCUT2D eigenvalue weighted by molar-refractivity contribution is 0.814. The van der Waals surface area contributed by atoms with Gasteiger partial charge in [-0.2, -0.15) is 9.61 Å². The third-order valence-electron chi connectivity index (χ3n) is 3.40. The molecule has 21 heavy (non-hydrogen) atoms. The number of fused-ring (bicyclic) bond motifs is 1. The Balaban J connectivity index is 1.91. The van der Waals surface area contributed by atoms with Crippen LogP contribution in [0.3, 0.4) is 0 Å². The number of rotatable bonds is 4. The second-order valence-corrected chi connectivity index (χ2v) is 4.82. The van der Waals surface area contributed by atoms with E-state index in [1.807, 2.05) is 42.3 Å². The van der Waals surface area contributed by atoms with Crippen LogP contribution in [-0.4, -0.2) is 26.9 Å². The molecular weight excluding hydrogens is 268 g/mol. The number of nitrogens with zero attached hydrogens (tertiary/aromatic N) is 4. The zero-order valence-electron chi connectivity index (χ0n) is 11.7. The zero-order chi connectivity index (χ0) is 14.8. The van der Waals surface area contributed by atoms with Crippen molar-refractivity contribution in [1.29, 1.82) is 0 Å². The molecule has 0 saturated heterocycles. The average Bonchev–Trinajstić information content (AvgIpc) is 2.88. The van der Waals surface area contributed by atoms with E-state index in [9.17, 15) is 4.79 Å². The average molecular weight is 284 g/mol. The van der Waals surface area contributed by atoms with Crippen LogP contribution in [0.15, 0.2) is 41.2 Å². The third-order valence-corrected chi connectivity index (χ3v) is 3.40. The van der Waals surface area contributed by atoms with E-state index < -0.39 is 0 Å². The molecule has 108 valence electrons. The minimum absolute atomic E-state index is 0.345. The molecule has 0 fully saturated rings. The van der Waals surface area contributed by atoms with Gasteiger partial charge in [-0.05, 0) is 23.3 Å². The van der Waals surface area contributed by atoms with Crippen LogP contribution in [0.5, 0.6) is 0 Å². The Labute approximate surface area is 121 Å². The molecule has 0 saturated carbocycles. The molecule has 3 N–H and O–H groups in total. The number of H-pyrrole nitrogens is 1. The van der Waals surface area contributed by atoms with Crippen LogP contribution in [-0.2, 0) is 13.1 Å². The Morgan fingerprint density at radius 1 is 1.24 bits per heavy atom. The maximum absolute atomic E-state index is 11.6. The van der Waals surface area contributed by atoms with Crippen molar-refractivity contribution in [3.63, 3.8) is 0 Å². The predicted octanol–water partition coefficient (Wildman–Crippen LogP) is 0.513. The molecule has 0 radical (unpaired) electrons. The normalized spacial score (nSPS) is 11.0. The molecule has 3 rings (SSSR count). The standard InChI is InChI=1S/C14H16N6O/c1-19(9-11-5-3-2-4-10(11)8-15)13-7-6-12-16-17-14(21)20(12)18-13/h2-7H,8-9,15H2,1H3,(H,17,21). The van der Waals surface area contributed by atoms with Crippen molar-refractivity contribution in [2.24, 2.45) is 5.73 Å². The molecule has 0 spiro atoms. The zero-order valence-corrected chi connectivity index (χ0v) is 11.7. The van der Waals surface area contributed by atoms with Gasteiger partial charge in [-0.1, -0.05) is 24.3 Å². The summed E-state index contributed by atoms with van der Waals surface area (Å²) in [5.41, 5.74) is 8.15. The fourth-order valence-electron chi connectivity index (χ4n) is 2.24. The van der Waals surface area contributed by atoms with E-state index >= 15 is 0 Å². The molecule has 0 bridgehead atoms. The topological polar surface area (TPSA) is 92.3 Å². The Morgan fingerprint density at radius 2 is 2.00 bits per heavy atom. The summed E-state index contributed by atoms with van der Waals surface area (Å²) in [4.78, 5) is 13.5. The lowest BCUT2D eigenvalue weighted by Crippen LogP contribution is -2.22. The van der Waals surface area contributed by atoms with E-state index in [-0.39, 0.29) is 5.69 Å². The molecule has 0 aliphatic rings.